The average molecular weight is 480 g/mol. The molecular weight excluding hydrogens is 449 g/mol. The summed E-state index contributed by atoms with van der Waals surface area (Å²) in [5, 5.41) is 26.2. The molecule has 0 bridgehead atoms. The molecule has 3 N–H and O–H groups in total. The molecule has 4 heterocycles. The number of imidazole rings is 1. The molecule has 1 aliphatic heterocycles. The summed E-state index contributed by atoms with van der Waals surface area (Å²) in [6, 6.07) is 5.38. The van der Waals surface area contributed by atoms with Gasteiger partial charge in [-0.05, 0) is 49.3 Å². The third-order valence-electron chi connectivity index (χ3n) is 6.50. The number of nitrogens with zero attached hydrogens (tertiary/aromatic N) is 4. The molecule has 5 rings (SSSR count). The minimum atomic E-state index is -1.12. The molecule has 0 spiro atoms. The number of aliphatic hydroxyl groups excluding tert-OH is 1. The molecule has 4 aromatic rings. The van der Waals surface area contributed by atoms with E-state index in [0.717, 1.165) is 33.9 Å². The number of aromatic nitrogens is 4. The Morgan fingerprint density at radius 3 is 2.74 bits per heavy atom. The summed E-state index contributed by atoms with van der Waals surface area (Å²) in [6.45, 7) is 8.43. The molecule has 3 aromatic heterocycles. The van der Waals surface area contributed by atoms with E-state index < -0.39 is 17.5 Å². The molecule has 35 heavy (non-hydrogen) atoms. The third kappa shape index (κ3) is 4.24. The van der Waals surface area contributed by atoms with Crippen LogP contribution in [-0.2, 0) is 10.3 Å². The maximum Gasteiger partial charge on any atom is 0.223 e. The highest BCUT2D eigenvalue weighted by Crippen LogP contribution is 2.38. The lowest BCUT2D eigenvalue weighted by molar-refractivity contribution is -0.0136. The zero-order valence-corrected chi connectivity index (χ0v) is 20.3. The first-order valence-electron chi connectivity index (χ1n) is 11.9. The van der Waals surface area contributed by atoms with Crippen molar-refractivity contribution < 1.29 is 19.3 Å². The average Bonchev–Trinajstić information content (AvgIpc) is 3.29. The number of aliphatic hydroxyl groups is 2. The van der Waals surface area contributed by atoms with Gasteiger partial charge < -0.3 is 24.7 Å². The second-order valence-electron chi connectivity index (χ2n) is 9.93. The molecule has 0 aliphatic carbocycles. The zero-order valence-electron chi connectivity index (χ0n) is 20.3. The summed E-state index contributed by atoms with van der Waals surface area (Å²) >= 11 is 0. The predicted molar refractivity (Wildman–Crippen MR) is 132 cm³/mol. The number of anilines is 1. The molecule has 0 saturated carbocycles. The number of hydrogen-bond acceptors (Lipinski definition) is 7. The fraction of sp³-hybridized carbons (Fsp3) is 0.423. The number of nitrogens with one attached hydrogen (secondary N) is 1. The second-order valence-corrected chi connectivity index (χ2v) is 9.93. The van der Waals surface area contributed by atoms with Crippen molar-refractivity contribution in [3.05, 3.63) is 53.9 Å². The van der Waals surface area contributed by atoms with E-state index in [1.165, 1.54) is 0 Å². The Bertz CT molecular complexity index is 1400. The molecule has 9 heteroatoms. The molecule has 1 aliphatic rings. The van der Waals surface area contributed by atoms with Crippen LogP contribution < -0.4 is 5.32 Å². The highest BCUT2D eigenvalue weighted by molar-refractivity contribution is 5.99. The Labute approximate surface area is 202 Å². The maximum absolute atomic E-state index is 15.0. The van der Waals surface area contributed by atoms with Crippen LogP contribution in [-0.4, -0.2) is 54.9 Å². The Morgan fingerprint density at radius 2 is 2.03 bits per heavy atom. The van der Waals surface area contributed by atoms with Crippen molar-refractivity contribution in [1.82, 2.24) is 19.4 Å². The van der Waals surface area contributed by atoms with Gasteiger partial charge in [-0.25, -0.2) is 19.3 Å². The first-order chi connectivity index (χ1) is 16.6. The van der Waals surface area contributed by atoms with Crippen LogP contribution in [0.2, 0.25) is 0 Å². The van der Waals surface area contributed by atoms with Gasteiger partial charge in [-0.15, -0.1) is 0 Å². The lowest BCUT2D eigenvalue weighted by atomic mass is 9.87. The minimum absolute atomic E-state index is 0.0865. The summed E-state index contributed by atoms with van der Waals surface area (Å²) in [6.07, 6.45) is 4.63. The van der Waals surface area contributed by atoms with E-state index in [-0.39, 0.29) is 30.2 Å². The van der Waals surface area contributed by atoms with Crippen molar-refractivity contribution in [3.8, 4) is 11.3 Å². The summed E-state index contributed by atoms with van der Waals surface area (Å²) in [5.41, 5.74) is 2.08. The summed E-state index contributed by atoms with van der Waals surface area (Å²) in [4.78, 5) is 13.1. The van der Waals surface area contributed by atoms with Gasteiger partial charge in [0, 0.05) is 30.0 Å². The smallest absolute Gasteiger partial charge is 0.223 e. The number of hydrogen-bond donors (Lipinski definition) is 3. The lowest BCUT2D eigenvalue weighted by Crippen LogP contribution is -2.42. The number of rotatable bonds is 5. The molecule has 0 unspecified atom stereocenters. The van der Waals surface area contributed by atoms with Crippen LogP contribution in [0, 0.1) is 5.82 Å². The first-order valence-corrected chi connectivity index (χ1v) is 11.9. The predicted octanol–water partition coefficient (Wildman–Crippen LogP) is 4.00. The number of benzene rings is 1. The SMILES string of the molecule is CC(C)c1c(C(C)(C)O)n2ccnc2c2ccc(-c3nc(N[C@@H]4CCOC[C@H]4O)ncc3F)cc12. The summed E-state index contributed by atoms with van der Waals surface area (Å²) < 4.78 is 22.2. The van der Waals surface area contributed by atoms with Gasteiger partial charge in [-0.2, -0.15) is 0 Å². The van der Waals surface area contributed by atoms with E-state index in [0.29, 0.717) is 18.6 Å². The fourth-order valence-corrected chi connectivity index (χ4v) is 4.95. The van der Waals surface area contributed by atoms with Crippen LogP contribution in [0.25, 0.3) is 27.7 Å². The Hall–Kier alpha value is -3.14. The first kappa shape index (κ1) is 23.6. The van der Waals surface area contributed by atoms with Crippen LogP contribution >= 0.6 is 0 Å². The zero-order chi connectivity index (χ0) is 24.9. The normalized spacial score (nSPS) is 19.1. The van der Waals surface area contributed by atoms with Crippen molar-refractivity contribution in [2.45, 2.75) is 57.8 Å². The lowest BCUT2D eigenvalue weighted by Gasteiger charge is -2.28. The van der Waals surface area contributed by atoms with Crippen molar-refractivity contribution in [2.75, 3.05) is 18.5 Å². The van der Waals surface area contributed by atoms with E-state index >= 15 is 0 Å². The van der Waals surface area contributed by atoms with Crippen molar-refractivity contribution in [2.24, 2.45) is 0 Å². The van der Waals surface area contributed by atoms with Gasteiger partial charge in [0.05, 0.1) is 36.2 Å². The van der Waals surface area contributed by atoms with Gasteiger partial charge in [-0.3, -0.25) is 0 Å². The molecule has 1 fully saturated rings. The van der Waals surface area contributed by atoms with E-state index in [1.54, 1.807) is 20.0 Å². The second kappa shape index (κ2) is 8.82. The standard InChI is InChI=1S/C26H30FN5O3/c1-14(2)21-17-11-15(5-6-16(17)24-28-8-9-32(24)23(21)26(3,4)34)22-18(27)12-29-25(31-22)30-19-7-10-35-13-20(19)33/h5-6,8-9,11-12,14,19-20,33-34H,7,10,13H2,1-4H3,(H,29,30,31)/t19-,20-/m1/s1. The van der Waals surface area contributed by atoms with Crippen molar-refractivity contribution in [1.29, 1.82) is 0 Å². The number of pyridine rings is 1. The van der Waals surface area contributed by atoms with E-state index in [2.05, 4.69) is 34.1 Å². The third-order valence-corrected chi connectivity index (χ3v) is 6.50. The molecule has 184 valence electrons. The van der Waals surface area contributed by atoms with E-state index in [9.17, 15) is 14.6 Å². The van der Waals surface area contributed by atoms with Crippen LogP contribution in [0.1, 0.15) is 51.3 Å². The molecule has 1 aromatic carbocycles. The van der Waals surface area contributed by atoms with E-state index in [4.69, 9.17) is 4.74 Å². The largest absolute Gasteiger partial charge is 0.389 e. The molecule has 2 atom stereocenters. The van der Waals surface area contributed by atoms with Gasteiger partial charge in [0.1, 0.15) is 11.3 Å². The Kier molecular flexibility index (Phi) is 5.94. The van der Waals surface area contributed by atoms with Crippen LogP contribution in [0.4, 0.5) is 10.3 Å². The quantitative estimate of drug-likeness (QED) is 0.397. The van der Waals surface area contributed by atoms with Gasteiger partial charge >= 0.3 is 0 Å². The number of fused-ring (bicyclic) bond motifs is 3. The fourth-order valence-electron chi connectivity index (χ4n) is 4.95. The van der Waals surface area contributed by atoms with Crippen LogP contribution in [0.5, 0.6) is 0 Å². The molecule has 0 amide bonds. The number of halogens is 1. The molecule has 8 nitrogen and oxygen atoms in total. The maximum atomic E-state index is 15.0. The summed E-state index contributed by atoms with van der Waals surface area (Å²) in [5.74, 6) is -0.209. The van der Waals surface area contributed by atoms with Gasteiger partial charge in [0.2, 0.25) is 5.95 Å². The molecule has 1 saturated heterocycles. The van der Waals surface area contributed by atoms with Gasteiger partial charge in [0.25, 0.3) is 0 Å². The summed E-state index contributed by atoms with van der Waals surface area (Å²) in [7, 11) is 0. The van der Waals surface area contributed by atoms with Crippen LogP contribution in [0.3, 0.4) is 0 Å². The highest BCUT2D eigenvalue weighted by atomic mass is 19.1. The van der Waals surface area contributed by atoms with Crippen molar-refractivity contribution >= 4 is 22.4 Å². The Balaban J connectivity index is 1.67. The Morgan fingerprint density at radius 1 is 1.23 bits per heavy atom. The van der Waals surface area contributed by atoms with Gasteiger partial charge in [0.15, 0.2) is 5.82 Å². The topological polar surface area (TPSA) is 105 Å². The van der Waals surface area contributed by atoms with Crippen LogP contribution in [0.15, 0.2) is 36.8 Å². The highest BCUT2D eigenvalue weighted by Gasteiger charge is 2.28. The van der Waals surface area contributed by atoms with Crippen molar-refractivity contribution in [3.63, 3.8) is 0 Å². The molecular formula is C26H30FN5O3. The van der Waals surface area contributed by atoms with E-state index in [1.807, 2.05) is 28.8 Å². The molecule has 0 radical (unpaired) electrons. The monoisotopic (exact) mass is 479 g/mol. The number of ether oxygens (including phenoxy) is 1. The van der Waals surface area contributed by atoms with Gasteiger partial charge in [-0.1, -0.05) is 19.9 Å². The minimum Gasteiger partial charge on any atom is -0.389 e.